The zero-order valence-corrected chi connectivity index (χ0v) is 16.4. The van der Waals surface area contributed by atoms with E-state index in [-0.39, 0.29) is 44.8 Å². The lowest BCUT2D eigenvalue weighted by molar-refractivity contribution is -0.109. The number of aliphatic hydroxyl groups is 1. The Hall–Kier alpha value is -2.47. The van der Waals surface area contributed by atoms with E-state index < -0.39 is 17.6 Å². The molecule has 2 aromatic carbocycles. The molecule has 154 valence electrons. The predicted octanol–water partition coefficient (Wildman–Crippen LogP) is 4.81. The quantitative estimate of drug-likeness (QED) is 0.800. The van der Waals surface area contributed by atoms with Gasteiger partial charge in [-0.15, -0.1) is 0 Å². The van der Waals surface area contributed by atoms with Crippen molar-refractivity contribution in [2.24, 2.45) is 0 Å². The van der Waals surface area contributed by atoms with Gasteiger partial charge in [0.1, 0.15) is 6.61 Å². The van der Waals surface area contributed by atoms with Crippen LogP contribution in [0.15, 0.2) is 48.5 Å². The minimum absolute atomic E-state index is 0.0141. The van der Waals surface area contributed by atoms with Crippen LogP contribution < -0.4 is 0 Å². The molecule has 29 heavy (non-hydrogen) atoms. The van der Waals surface area contributed by atoms with Crippen LogP contribution >= 0.6 is 0 Å². The fourth-order valence-corrected chi connectivity index (χ4v) is 4.45. The molecule has 1 N–H and O–H groups in total. The maximum absolute atomic E-state index is 13.4. The van der Waals surface area contributed by atoms with Gasteiger partial charge in [0.05, 0.1) is 12.1 Å². The predicted molar refractivity (Wildman–Crippen MR) is 106 cm³/mol. The van der Waals surface area contributed by atoms with Crippen LogP contribution in [0.3, 0.4) is 0 Å². The third kappa shape index (κ3) is 3.99. The van der Waals surface area contributed by atoms with Gasteiger partial charge in [0, 0.05) is 25.8 Å². The summed E-state index contributed by atoms with van der Waals surface area (Å²) in [6.45, 7) is 0.174. The number of amides is 1. The first-order chi connectivity index (χ1) is 13.8. The lowest BCUT2D eigenvalue weighted by Gasteiger charge is -2.38. The highest BCUT2D eigenvalue weighted by atomic mass is 19.3. The van der Waals surface area contributed by atoms with E-state index in [2.05, 4.69) is 12.1 Å². The number of fused-ring (bicyclic) bond motifs is 3. The number of halogens is 2. The molecule has 0 radical (unpaired) electrons. The number of ether oxygens (including phenoxy) is 1. The Morgan fingerprint density at radius 3 is 2.10 bits per heavy atom. The van der Waals surface area contributed by atoms with Crippen molar-refractivity contribution in [2.75, 3.05) is 20.2 Å². The fourth-order valence-electron chi connectivity index (χ4n) is 4.45. The van der Waals surface area contributed by atoms with Crippen LogP contribution in [0.1, 0.15) is 42.7 Å². The zero-order valence-electron chi connectivity index (χ0n) is 16.4. The average Bonchev–Trinajstić information content (AvgIpc) is 3.03. The number of rotatable bonds is 4. The Kier molecular flexibility index (Phi) is 5.07. The second kappa shape index (κ2) is 7.41. The number of carbonyl (C=O) groups excluding carboxylic acids is 1. The van der Waals surface area contributed by atoms with Gasteiger partial charge in [-0.2, -0.15) is 0 Å². The number of nitrogens with zero attached hydrogens (tertiary/aromatic N) is 1. The van der Waals surface area contributed by atoms with Crippen LogP contribution in [0.4, 0.5) is 13.6 Å². The zero-order chi connectivity index (χ0) is 20.6. The van der Waals surface area contributed by atoms with E-state index in [1.54, 1.807) is 0 Å². The minimum Gasteiger partial charge on any atom is -0.448 e. The molecule has 2 aromatic rings. The van der Waals surface area contributed by atoms with E-state index in [0.717, 1.165) is 22.3 Å². The average molecular weight is 401 g/mol. The molecular weight excluding hydrogens is 376 g/mol. The van der Waals surface area contributed by atoms with Crippen molar-refractivity contribution in [1.82, 2.24) is 4.90 Å². The Morgan fingerprint density at radius 2 is 1.55 bits per heavy atom. The van der Waals surface area contributed by atoms with Gasteiger partial charge in [-0.3, -0.25) is 0 Å². The van der Waals surface area contributed by atoms with Gasteiger partial charge in [-0.25, -0.2) is 13.6 Å². The summed E-state index contributed by atoms with van der Waals surface area (Å²) in [6, 6.07) is 16.1. The number of alkyl halides is 2. The lowest BCUT2D eigenvalue weighted by Crippen LogP contribution is -2.48. The molecule has 1 saturated carbocycles. The molecule has 0 atom stereocenters. The van der Waals surface area contributed by atoms with Crippen molar-refractivity contribution >= 4 is 6.09 Å². The molecule has 0 bridgehead atoms. The molecule has 0 unspecified atom stereocenters. The van der Waals surface area contributed by atoms with E-state index in [0.29, 0.717) is 0 Å². The van der Waals surface area contributed by atoms with Crippen LogP contribution in [0, 0.1) is 0 Å². The Morgan fingerprint density at radius 1 is 1.03 bits per heavy atom. The summed E-state index contributed by atoms with van der Waals surface area (Å²) in [5, 5.41) is 10.6. The van der Waals surface area contributed by atoms with E-state index in [4.69, 9.17) is 4.74 Å². The molecule has 1 fully saturated rings. The molecule has 2 aliphatic rings. The van der Waals surface area contributed by atoms with Gasteiger partial charge >= 0.3 is 6.09 Å². The third-order valence-electron chi connectivity index (χ3n) is 6.09. The summed E-state index contributed by atoms with van der Waals surface area (Å²) >= 11 is 0. The van der Waals surface area contributed by atoms with Crippen molar-refractivity contribution in [3.8, 4) is 11.1 Å². The van der Waals surface area contributed by atoms with Gasteiger partial charge in [0.15, 0.2) is 0 Å². The van der Waals surface area contributed by atoms with Crippen molar-refractivity contribution in [2.45, 2.75) is 43.1 Å². The van der Waals surface area contributed by atoms with Crippen LogP contribution in [0.5, 0.6) is 0 Å². The fraction of sp³-hybridized carbons (Fsp3) is 0.435. The molecule has 0 aromatic heterocycles. The molecule has 0 aliphatic heterocycles. The van der Waals surface area contributed by atoms with Crippen LogP contribution in [0.25, 0.3) is 11.1 Å². The number of likely N-dealkylation sites (N-methyl/N-ethyl adjacent to an activating group) is 1. The normalized spacial score (nSPS) is 19.3. The highest BCUT2D eigenvalue weighted by Crippen LogP contribution is 2.44. The highest BCUT2D eigenvalue weighted by Gasteiger charge is 2.43. The van der Waals surface area contributed by atoms with Crippen molar-refractivity contribution < 1.29 is 23.4 Å². The smallest absolute Gasteiger partial charge is 0.409 e. The van der Waals surface area contributed by atoms with E-state index >= 15 is 0 Å². The first-order valence-corrected chi connectivity index (χ1v) is 9.94. The van der Waals surface area contributed by atoms with E-state index in [1.165, 1.54) is 11.9 Å². The summed E-state index contributed by atoms with van der Waals surface area (Å²) in [5.41, 5.74) is 3.25. The Labute approximate surface area is 169 Å². The maximum atomic E-state index is 13.4. The Balaban J connectivity index is 1.40. The number of hydrogen-bond acceptors (Lipinski definition) is 3. The Bertz CT molecular complexity index is 859. The largest absolute Gasteiger partial charge is 0.448 e. The molecule has 6 heteroatoms. The number of carbonyl (C=O) groups is 1. The van der Waals surface area contributed by atoms with Crippen molar-refractivity contribution in [1.29, 1.82) is 0 Å². The van der Waals surface area contributed by atoms with Crippen LogP contribution in [-0.2, 0) is 4.74 Å². The van der Waals surface area contributed by atoms with Gasteiger partial charge < -0.3 is 14.7 Å². The van der Waals surface area contributed by atoms with Crippen LogP contribution in [-0.4, -0.2) is 47.8 Å². The molecule has 4 rings (SSSR count). The van der Waals surface area contributed by atoms with E-state index in [1.807, 2.05) is 36.4 Å². The second-order valence-corrected chi connectivity index (χ2v) is 8.24. The van der Waals surface area contributed by atoms with Gasteiger partial charge in [0.25, 0.3) is 0 Å². The van der Waals surface area contributed by atoms with Crippen LogP contribution in [0.2, 0.25) is 0 Å². The summed E-state index contributed by atoms with van der Waals surface area (Å²) in [6.07, 6.45) is -1.33. The molecule has 0 saturated heterocycles. The van der Waals surface area contributed by atoms with Crippen molar-refractivity contribution in [3.63, 3.8) is 0 Å². The number of benzene rings is 2. The van der Waals surface area contributed by atoms with Gasteiger partial charge in [0.2, 0.25) is 5.92 Å². The summed E-state index contributed by atoms with van der Waals surface area (Å²) in [4.78, 5) is 13.8. The maximum Gasteiger partial charge on any atom is 0.409 e. The summed E-state index contributed by atoms with van der Waals surface area (Å²) < 4.78 is 32.3. The number of hydrogen-bond donors (Lipinski definition) is 1. The first kappa shape index (κ1) is 19.8. The molecule has 0 heterocycles. The minimum atomic E-state index is -2.73. The van der Waals surface area contributed by atoms with Gasteiger partial charge in [-0.05, 0) is 35.1 Å². The molecule has 0 spiro atoms. The summed E-state index contributed by atoms with van der Waals surface area (Å²) in [7, 11) is 1.53. The second-order valence-electron chi connectivity index (χ2n) is 8.24. The lowest BCUT2D eigenvalue weighted by atomic mass is 9.82. The standard InChI is InChI=1S/C23H25F2NO3/c1-26(15-22(28)10-12-23(24,25)13-11-22)21(27)29-14-20-18-8-4-2-6-16(18)17-7-3-5-9-19(17)20/h2-9,20,28H,10-15H2,1H3. The van der Waals surface area contributed by atoms with Crippen molar-refractivity contribution in [3.05, 3.63) is 59.7 Å². The third-order valence-corrected chi connectivity index (χ3v) is 6.09. The van der Waals surface area contributed by atoms with E-state index in [9.17, 15) is 18.7 Å². The SMILES string of the molecule is CN(CC1(O)CCC(F)(F)CC1)C(=O)OCC1c2ccccc2-c2ccccc21. The summed E-state index contributed by atoms with van der Waals surface area (Å²) in [5.74, 6) is -2.77. The topological polar surface area (TPSA) is 49.8 Å². The molecule has 4 nitrogen and oxygen atoms in total. The highest BCUT2D eigenvalue weighted by molar-refractivity contribution is 5.79. The molecule has 2 aliphatic carbocycles. The monoisotopic (exact) mass is 401 g/mol. The molecule has 1 amide bonds. The molecular formula is C23H25F2NO3. The first-order valence-electron chi connectivity index (χ1n) is 9.94. The van der Waals surface area contributed by atoms with Gasteiger partial charge in [-0.1, -0.05) is 48.5 Å².